The van der Waals surface area contributed by atoms with Crippen LogP contribution in [0.4, 0.5) is 4.79 Å². The number of carbonyl (C=O) groups excluding carboxylic acids is 3. The summed E-state index contributed by atoms with van der Waals surface area (Å²) in [5.74, 6) is -0.170. The summed E-state index contributed by atoms with van der Waals surface area (Å²) in [6, 6.07) is 9.40. The van der Waals surface area contributed by atoms with Crippen molar-refractivity contribution in [1.82, 2.24) is 20.9 Å². The summed E-state index contributed by atoms with van der Waals surface area (Å²) in [6.45, 7) is 8.28. The van der Waals surface area contributed by atoms with Crippen molar-refractivity contribution in [2.75, 3.05) is 19.6 Å². The summed E-state index contributed by atoms with van der Waals surface area (Å²) in [5, 5.41) is 8.06. The predicted octanol–water partition coefficient (Wildman–Crippen LogP) is 2.03. The maximum absolute atomic E-state index is 12.3. The van der Waals surface area contributed by atoms with E-state index in [0.717, 1.165) is 31.5 Å². The average Bonchev–Trinajstić information content (AvgIpc) is 2.64. The molecule has 1 saturated heterocycles. The number of urea groups is 1. The molecule has 0 radical (unpaired) electrons. The van der Waals surface area contributed by atoms with Crippen molar-refractivity contribution in [2.45, 2.75) is 52.1 Å². The van der Waals surface area contributed by atoms with Crippen molar-refractivity contribution >= 4 is 17.8 Å². The van der Waals surface area contributed by atoms with Gasteiger partial charge in [-0.05, 0) is 52.3 Å². The van der Waals surface area contributed by atoms with Gasteiger partial charge in [-0.25, -0.2) is 4.79 Å². The number of piperidine rings is 1. The van der Waals surface area contributed by atoms with E-state index < -0.39 is 6.03 Å². The summed E-state index contributed by atoms with van der Waals surface area (Å²) < 4.78 is 0. The third-order valence-corrected chi connectivity index (χ3v) is 4.66. The van der Waals surface area contributed by atoms with E-state index in [1.165, 1.54) is 0 Å². The van der Waals surface area contributed by atoms with Crippen LogP contribution < -0.4 is 16.0 Å². The number of likely N-dealkylation sites (tertiary alicyclic amines) is 1. The van der Waals surface area contributed by atoms with Gasteiger partial charge in [0.25, 0.3) is 0 Å². The molecule has 1 fully saturated rings. The van der Waals surface area contributed by atoms with E-state index in [1.807, 2.05) is 51.1 Å². The van der Waals surface area contributed by atoms with Crippen molar-refractivity contribution in [3.8, 4) is 0 Å². The molecule has 1 aliphatic rings. The zero-order valence-electron chi connectivity index (χ0n) is 17.1. The lowest BCUT2D eigenvalue weighted by Crippen LogP contribution is -2.48. The Morgan fingerprint density at radius 2 is 1.71 bits per heavy atom. The molecule has 3 N–H and O–H groups in total. The van der Waals surface area contributed by atoms with Crippen LogP contribution >= 0.6 is 0 Å². The number of hydrogen-bond donors (Lipinski definition) is 3. The van der Waals surface area contributed by atoms with Crippen LogP contribution in [-0.4, -0.2) is 47.9 Å². The first-order valence-corrected chi connectivity index (χ1v) is 9.89. The van der Waals surface area contributed by atoms with Crippen LogP contribution in [0.25, 0.3) is 0 Å². The first-order valence-electron chi connectivity index (χ1n) is 9.89. The minimum Gasteiger partial charge on any atom is -0.352 e. The molecule has 0 aromatic heterocycles. The highest BCUT2D eigenvalue weighted by Gasteiger charge is 2.25. The fourth-order valence-electron chi connectivity index (χ4n) is 3.17. The number of nitrogens with one attached hydrogen (secondary N) is 3. The second-order valence-corrected chi connectivity index (χ2v) is 8.32. The number of carbonyl (C=O) groups is 3. The molecule has 154 valence electrons. The Hall–Kier alpha value is -2.41. The molecule has 4 amide bonds. The second-order valence-electron chi connectivity index (χ2n) is 8.32. The van der Waals surface area contributed by atoms with E-state index in [4.69, 9.17) is 0 Å². The lowest BCUT2D eigenvalue weighted by Gasteiger charge is -2.31. The first-order chi connectivity index (χ1) is 13.2. The zero-order chi connectivity index (χ0) is 20.6. The minimum atomic E-state index is -0.466. The summed E-state index contributed by atoms with van der Waals surface area (Å²) in [6.07, 6.45) is 1.84. The summed E-state index contributed by atoms with van der Waals surface area (Å²) in [7, 11) is 0. The zero-order valence-corrected chi connectivity index (χ0v) is 17.1. The van der Waals surface area contributed by atoms with Crippen LogP contribution in [0.5, 0.6) is 0 Å². The standard InChI is InChI=1S/C21H32N4O3/c1-21(2,3)24-20(28)23-18(26)11-14-25-12-9-17(10-13-25)19(27)22-15-16-7-5-4-6-8-16/h4-8,17H,9-15H2,1-3H3,(H,22,27)(H2,23,24,26,28). The molecule has 28 heavy (non-hydrogen) atoms. The molecular weight excluding hydrogens is 356 g/mol. The van der Waals surface area contributed by atoms with Gasteiger partial charge in [0, 0.05) is 31.0 Å². The van der Waals surface area contributed by atoms with Gasteiger partial charge in [-0.1, -0.05) is 30.3 Å². The molecule has 7 heteroatoms. The average molecular weight is 389 g/mol. The number of benzene rings is 1. The fraction of sp³-hybridized carbons (Fsp3) is 0.571. The van der Waals surface area contributed by atoms with E-state index in [0.29, 0.717) is 13.1 Å². The Labute approximate surface area is 167 Å². The summed E-state index contributed by atoms with van der Waals surface area (Å²) in [5.41, 5.74) is 0.711. The molecule has 2 rings (SSSR count). The molecule has 0 saturated carbocycles. The molecule has 0 spiro atoms. The van der Waals surface area contributed by atoms with E-state index in [1.54, 1.807) is 0 Å². The lowest BCUT2D eigenvalue weighted by molar-refractivity contribution is -0.127. The SMILES string of the molecule is CC(C)(C)NC(=O)NC(=O)CCN1CCC(C(=O)NCc2ccccc2)CC1. The molecule has 1 heterocycles. The monoisotopic (exact) mass is 388 g/mol. The second kappa shape index (κ2) is 10.2. The highest BCUT2D eigenvalue weighted by atomic mass is 16.2. The fourth-order valence-corrected chi connectivity index (χ4v) is 3.17. The van der Waals surface area contributed by atoms with Gasteiger partial charge in [0.05, 0.1) is 0 Å². The third kappa shape index (κ3) is 8.08. The van der Waals surface area contributed by atoms with Crippen molar-refractivity contribution in [2.24, 2.45) is 5.92 Å². The normalized spacial score (nSPS) is 15.7. The van der Waals surface area contributed by atoms with Gasteiger partial charge >= 0.3 is 6.03 Å². The third-order valence-electron chi connectivity index (χ3n) is 4.66. The minimum absolute atomic E-state index is 0.0198. The molecular formula is C21H32N4O3. The Morgan fingerprint density at radius 1 is 1.07 bits per heavy atom. The van der Waals surface area contributed by atoms with Crippen LogP contribution in [0.3, 0.4) is 0 Å². The van der Waals surface area contributed by atoms with Gasteiger partial charge in [-0.2, -0.15) is 0 Å². The summed E-state index contributed by atoms with van der Waals surface area (Å²) >= 11 is 0. The largest absolute Gasteiger partial charge is 0.352 e. The number of hydrogen-bond acceptors (Lipinski definition) is 4. The van der Waals surface area contributed by atoms with Crippen LogP contribution in [0, 0.1) is 5.92 Å². The maximum atomic E-state index is 12.3. The molecule has 0 unspecified atom stereocenters. The van der Waals surface area contributed by atoms with Gasteiger partial charge in [-0.3, -0.25) is 14.9 Å². The van der Waals surface area contributed by atoms with Crippen molar-refractivity contribution < 1.29 is 14.4 Å². The number of amides is 4. The van der Waals surface area contributed by atoms with E-state index in [-0.39, 0.29) is 29.7 Å². The molecule has 1 aliphatic heterocycles. The van der Waals surface area contributed by atoms with Crippen LogP contribution in [0.1, 0.15) is 45.6 Å². The number of rotatable bonds is 6. The Bertz CT molecular complexity index is 662. The highest BCUT2D eigenvalue weighted by molar-refractivity contribution is 5.94. The van der Waals surface area contributed by atoms with Gasteiger partial charge < -0.3 is 15.5 Å². The highest BCUT2D eigenvalue weighted by Crippen LogP contribution is 2.17. The molecule has 1 aromatic rings. The van der Waals surface area contributed by atoms with E-state index >= 15 is 0 Å². The van der Waals surface area contributed by atoms with Gasteiger partial charge in [0.15, 0.2) is 0 Å². The van der Waals surface area contributed by atoms with Crippen molar-refractivity contribution in [3.63, 3.8) is 0 Å². The molecule has 0 bridgehead atoms. The Kier molecular flexibility index (Phi) is 7.99. The first kappa shape index (κ1) is 21.9. The van der Waals surface area contributed by atoms with E-state index in [9.17, 15) is 14.4 Å². The van der Waals surface area contributed by atoms with Crippen LogP contribution in [0.15, 0.2) is 30.3 Å². The molecule has 0 atom stereocenters. The van der Waals surface area contributed by atoms with Gasteiger partial charge in [-0.15, -0.1) is 0 Å². The molecule has 1 aromatic carbocycles. The molecule has 7 nitrogen and oxygen atoms in total. The Balaban J connectivity index is 1.63. The van der Waals surface area contributed by atoms with E-state index in [2.05, 4.69) is 20.9 Å². The lowest BCUT2D eigenvalue weighted by atomic mass is 9.95. The predicted molar refractivity (Wildman–Crippen MR) is 108 cm³/mol. The van der Waals surface area contributed by atoms with Crippen molar-refractivity contribution in [1.29, 1.82) is 0 Å². The summed E-state index contributed by atoms with van der Waals surface area (Å²) in [4.78, 5) is 38.1. The smallest absolute Gasteiger partial charge is 0.321 e. The number of imide groups is 1. The quantitative estimate of drug-likeness (QED) is 0.695. The van der Waals surface area contributed by atoms with Crippen molar-refractivity contribution in [3.05, 3.63) is 35.9 Å². The topological polar surface area (TPSA) is 90.5 Å². The van der Waals surface area contributed by atoms with Gasteiger partial charge in [0.1, 0.15) is 0 Å². The number of nitrogens with zero attached hydrogens (tertiary/aromatic N) is 1. The van der Waals surface area contributed by atoms with Gasteiger partial charge in [0.2, 0.25) is 11.8 Å². The maximum Gasteiger partial charge on any atom is 0.321 e. The Morgan fingerprint density at radius 3 is 2.32 bits per heavy atom. The van der Waals surface area contributed by atoms with Crippen LogP contribution in [0.2, 0.25) is 0 Å². The molecule has 0 aliphatic carbocycles. The van der Waals surface area contributed by atoms with Crippen LogP contribution in [-0.2, 0) is 16.1 Å².